The van der Waals surface area contributed by atoms with Crippen molar-refractivity contribution in [3.63, 3.8) is 0 Å². The third-order valence-corrected chi connectivity index (χ3v) is 8.72. The number of anilines is 2. The summed E-state index contributed by atoms with van der Waals surface area (Å²) in [4.78, 5) is 17.1. The fraction of sp³-hybridized carbons (Fsp3) is 0.500. The predicted octanol–water partition coefficient (Wildman–Crippen LogP) is 4.17. The first-order valence-corrected chi connectivity index (χ1v) is 13.2. The minimum atomic E-state index is -3.63. The molecule has 7 heteroatoms. The highest BCUT2D eigenvalue weighted by Crippen LogP contribution is 2.42. The van der Waals surface area contributed by atoms with E-state index >= 15 is 0 Å². The molecule has 4 rings (SSSR count). The Kier molecular flexibility index (Phi) is 6.08. The molecule has 2 aliphatic heterocycles. The summed E-state index contributed by atoms with van der Waals surface area (Å²) in [6.45, 7) is 14.2. The van der Waals surface area contributed by atoms with Crippen molar-refractivity contribution in [3.05, 3.63) is 53.6 Å². The lowest BCUT2D eigenvalue weighted by Crippen LogP contribution is -2.53. The Bertz CT molecular complexity index is 1170. The summed E-state index contributed by atoms with van der Waals surface area (Å²) in [5.41, 5.74) is 3.77. The van der Waals surface area contributed by atoms with E-state index in [0.717, 1.165) is 16.9 Å². The molecular weight excluding hydrogens is 434 g/mol. The summed E-state index contributed by atoms with van der Waals surface area (Å²) in [6, 6.07) is 13.7. The average Bonchev–Trinajstić information content (AvgIpc) is 3.03. The largest absolute Gasteiger partial charge is 0.366 e. The molecule has 0 radical (unpaired) electrons. The van der Waals surface area contributed by atoms with Crippen LogP contribution in [0, 0.1) is 12.8 Å². The average molecular weight is 470 g/mol. The van der Waals surface area contributed by atoms with Gasteiger partial charge in [-0.15, -0.1) is 0 Å². The van der Waals surface area contributed by atoms with Crippen LogP contribution in [0.1, 0.15) is 45.7 Å². The van der Waals surface area contributed by atoms with E-state index in [4.69, 9.17) is 0 Å². The van der Waals surface area contributed by atoms with Gasteiger partial charge in [-0.25, -0.2) is 8.42 Å². The third kappa shape index (κ3) is 4.28. The molecule has 2 heterocycles. The van der Waals surface area contributed by atoms with E-state index in [-0.39, 0.29) is 23.3 Å². The van der Waals surface area contributed by atoms with Crippen molar-refractivity contribution in [2.75, 3.05) is 36.0 Å². The van der Waals surface area contributed by atoms with Crippen LogP contribution in [0.5, 0.6) is 0 Å². The number of carbonyl (C=O) groups excluding carboxylic acids is 1. The standard InChI is InChI=1S/C26H35N3O3S/c1-18(2)25(30)29-17-26(5,6)23-15-22(10-11-24(23)29)33(31,32)27-12-13-28(20(4)16-27)21-9-7-8-19(3)14-21/h7-11,14-15,18,20H,12-13,16-17H2,1-6H3/t20-/m1/s1. The minimum Gasteiger partial charge on any atom is -0.366 e. The van der Waals surface area contributed by atoms with E-state index in [1.807, 2.05) is 26.0 Å². The van der Waals surface area contributed by atoms with E-state index in [1.54, 1.807) is 21.3 Å². The number of nitrogens with zero attached hydrogens (tertiary/aromatic N) is 3. The summed E-state index contributed by atoms with van der Waals surface area (Å²) in [7, 11) is -3.63. The van der Waals surface area contributed by atoms with Crippen molar-refractivity contribution < 1.29 is 13.2 Å². The molecule has 0 saturated carbocycles. The zero-order valence-corrected chi connectivity index (χ0v) is 21.3. The maximum Gasteiger partial charge on any atom is 0.243 e. The lowest BCUT2D eigenvalue weighted by Gasteiger charge is -2.40. The molecule has 0 N–H and O–H groups in total. The van der Waals surface area contributed by atoms with E-state index in [0.29, 0.717) is 31.1 Å². The number of hydrogen-bond acceptors (Lipinski definition) is 4. The monoisotopic (exact) mass is 469 g/mol. The second kappa shape index (κ2) is 8.44. The van der Waals surface area contributed by atoms with E-state index in [2.05, 4.69) is 50.8 Å². The maximum absolute atomic E-state index is 13.6. The van der Waals surface area contributed by atoms with Crippen LogP contribution in [0.4, 0.5) is 11.4 Å². The Hall–Kier alpha value is -2.38. The maximum atomic E-state index is 13.6. The van der Waals surface area contributed by atoms with Crippen LogP contribution in [-0.4, -0.2) is 50.9 Å². The van der Waals surface area contributed by atoms with Gasteiger partial charge in [-0.05, 0) is 55.3 Å². The Morgan fingerprint density at radius 2 is 1.82 bits per heavy atom. The first kappa shape index (κ1) is 23.8. The molecule has 1 amide bonds. The van der Waals surface area contributed by atoms with Gasteiger partial charge in [-0.3, -0.25) is 4.79 Å². The van der Waals surface area contributed by atoms with Crippen LogP contribution in [0.25, 0.3) is 0 Å². The molecule has 0 aromatic heterocycles. The van der Waals surface area contributed by atoms with Crippen LogP contribution < -0.4 is 9.80 Å². The Morgan fingerprint density at radius 1 is 1.09 bits per heavy atom. The number of hydrogen-bond donors (Lipinski definition) is 0. The summed E-state index contributed by atoms with van der Waals surface area (Å²) in [5, 5.41) is 0. The normalized spacial score (nSPS) is 20.9. The van der Waals surface area contributed by atoms with Crippen molar-refractivity contribution in [2.24, 2.45) is 5.92 Å². The molecule has 0 spiro atoms. The van der Waals surface area contributed by atoms with Crippen molar-refractivity contribution in [2.45, 2.75) is 57.9 Å². The van der Waals surface area contributed by atoms with Gasteiger partial charge in [0.15, 0.2) is 0 Å². The van der Waals surface area contributed by atoms with Gasteiger partial charge in [0, 0.05) is 54.9 Å². The molecule has 178 valence electrons. The number of piperazine rings is 1. The minimum absolute atomic E-state index is 0.0681. The Labute approximate surface area is 198 Å². The van der Waals surface area contributed by atoms with Crippen LogP contribution in [-0.2, 0) is 20.2 Å². The van der Waals surface area contributed by atoms with Crippen LogP contribution in [0.15, 0.2) is 47.4 Å². The number of sulfonamides is 1. The van der Waals surface area contributed by atoms with E-state index < -0.39 is 10.0 Å². The summed E-state index contributed by atoms with van der Waals surface area (Å²) in [5.74, 6) is -0.0418. The summed E-state index contributed by atoms with van der Waals surface area (Å²) < 4.78 is 28.8. The van der Waals surface area contributed by atoms with Crippen LogP contribution in [0.2, 0.25) is 0 Å². The molecule has 2 aliphatic rings. The van der Waals surface area contributed by atoms with Gasteiger partial charge in [0.25, 0.3) is 0 Å². The molecule has 2 aromatic carbocycles. The van der Waals surface area contributed by atoms with Crippen molar-refractivity contribution >= 4 is 27.3 Å². The van der Waals surface area contributed by atoms with Gasteiger partial charge in [0.1, 0.15) is 0 Å². The lowest BCUT2D eigenvalue weighted by atomic mass is 9.87. The molecule has 1 fully saturated rings. The number of fused-ring (bicyclic) bond motifs is 1. The van der Waals surface area contributed by atoms with Crippen LogP contribution >= 0.6 is 0 Å². The first-order valence-electron chi connectivity index (χ1n) is 11.7. The number of benzene rings is 2. The summed E-state index contributed by atoms with van der Waals surface area (Å²) >= 11 is 0. The molecule has 1 atom stereocenters. The molecule has 1 saturated heterocycles. The van der Waals surface area contributed by atoms with Gasteiger partial charge in [-0.2, -0.15) is 4.31 Å². The van der Waals surface area contributed by atoms with Crippen molar-refractivity contribution in [1.82, 2.24) is 4.31 Å². The van der Waals surface area contributed by atoms with Gasteiger partial charge in [0.2, 0.25) is 15.9 Å². The topological polar surface area (TPSA) is 60.9 Å². The number of amides is 1. The number of rotatable bonds is 4. The Morgan fingerprint density at radius 3 is 2.45 bits per heavy atom. The highest BCUT2D eigenvalue weighted by molar-refractivity contribution is 7.89. The van der Waals surface area contributed by atoms with Gasteiger partial charge < -0.3 is 9.80 Å². The van der Waals surface area contributed by atoms with Gasteiger partial charge >= 0.3 is 0 Å². The fourth-order valence-corrected chi connectivity index (χ4v) is 6.55. The van der Waals surface area contributed by atoms with E-state index in [1.165, 1.54) is 5.56 Å². The third-order valence-electron chi connectivity index (χ3n) is 6.86. The van der Waals surface area contributed by atoms with Crippen molar-refractivity contribution in [1.29, 1.82) is 0 Å². The van der Waals surface area contributed by atoms with Crippen LogP contribution in [0.3, 0.4) is 0 Å². The van der Waals surface area contributed by atoms with E-state index in [9.17, 15) is 13.2 Å². The van der Waals surface area contributed by atoms with Gasteiger partial charge in [0.05, 0.1) is 4.90 Å². The fourth-order valence-electron chi connectivity index (χ4n) is 5.01. The predicted molar refractivity (Wildman–Crippen MR) is 133 cm³/mol. The zero-order valence-electron chi connectivity index (χ0n) is 20.5. The number of carbonyl (C=O) groups is 1. The highest BCUT2D eigenvalue weighted by atomic mass is 32.2. The molecule has 0 bridgehead atoms. The smallest absolute Gasteiger partial charge is 0.243 e. The van der Waals surface area contributed by atoms with Crippen molar-refractivity contribution in [3.8, 4) is 0 Å². The second-order valence-electron chi connectivity index (χ2n) is 10.4. The molecule has 2 aromatic rings. The molecule has 33 heavy (non-hydrogen) atoms. The highest BCUT2D eigenvalue weighted by Gasteiger charge is 2.40. The molecule has 6 nitrogen and oxygen atoms in total. The number of aryl methyl sites for hydroxylation is 1. The first-order chi connectivity index (χ1) is 15.4. The zero-order chi connectivity index (χ0) is 24.1. The molecule has 0 unspecified atom stereocenters. The SMILES string of the molecule is Cc1cccc(N2CCN(S(=O)(=O)c3ccc4c(c3)C(C)(C)CN4C(=O)C(C)C)C[C@H]2C)c1. The van der Waals surface area contributed by atoms with Gasteiger partial charge in [-0.1, -0.05) is 39.8 Å². The lowest BCUT2D eigenvalue weighted by molar-refractivity contribution is -0.121. The quantitative estimate of drug-likeness (QED) is 0.674. The molecular formula is C26H35N3O3S. The summed E-state index contributed by atoms with van der Waals surface area (Å²) in [6.07, 6.45) is 0. The Balaban J connectivity index is 1.59. The second-order valence-corrected chi connectivity index (χ2v) is 12.3. The molecule has 0 aliphatic carbocycles.